The molecule has 1 fully saturated rings. The molecule has 3 nitrogen and oxygen atoms in total. The number of carbonyl (C=O) groups is 1. The maximum atomic E-state index is 11.8. The van der Waals surface area contributed by atoms with Crippen LogP contribution in [0.15, 0.2) is 30.3 Å². The molecule has 0 saturated carbocycles. The monoisotopic (exact) mass is 248 g/mol. The van der Waals surface area contributed by atoms with Crippen LogP contribution >= 0.6 is 0 Å². The molecule has 18 heavy (non-hydrogen) atoms. The van der Waals surface area contributed by atoms with E-state index in [2.05, 4.69) is 13.8 Å². The summed E-state index contributed by atoms with van der Waals surface area (Å²) in [5, 5.41) is 0. The summed E-state index contributed by atoms with van der Waals surface area (Å²) in [6.45, 7) is 5.30. The zero-order valence-corrected chi connectivity index (χ0v) is 11.0. The fourth-order valence-electron chi connectivity index (χ4n) is 2.05. The van der Waals surface area contributed by atoms with Crippen molar-refractivity contribution in [1.82, 2.24) is 0 Å². The molecule has 0 bridgehead atoms. The third kappa shape index (κ3) is 3.33. The molecule has 1 aromatic carbocycles. The third-order valence-electron chi connectivity index (χ3n) is 3.35. The van der Waals surface area contributed by atoms with Crippen molar-refractivity contribution in [3.8, 4) is 0 Å². The van der Waals surface area contributed by atoms with Gasteiger partial charge in [0.1, 0.15) is 6.10 Å². The summed E-state index contributed by atoms with van der Waals surface area (Å²) < 4.78 is 10.8. The molecule has 0 spiro atoms. The van der Waals surface area contributed by atoms with Crippen molar-refractivity contribution in [2.45, 2.75) is 32.8 Å². The van der Waals surface area contributed by atoms with Crippen molar-refractivity contribution in [2.24, 2.45) is 5.41 Å². The summed E-state index contributed by atoms with van der Waals surface area (Å²) in [5.74, 6) is -0.137. The van der Waals surface area contributed by atoms with Crippen molar-refractivity contribution in [3.63, 3.8) is 0 Å². The molecule has 1 atom stereocenters. The molecule has 0 aliphatic carbocycles. The van der Waals surface area contributed by atoms with Gasteiger partial charge in [-0.3, -0.25) is 4.79 Å². The lowest BCUT2D eigenvalue weighted by molar-refractivity contribution is -0.152. The molecule has 1 aliphatic heterocycles. The van der Waals surface area contributed by atoms with E-state index in [1.54, 1.807) is 0 Å². The predicted molar refractivity (Wildman–Crippen MR) is 69.2 cm³/mol. The smallest absolute Gasteiger partial charge is 0.306 e. The Labute approximate surface area is 108 Å². The molecule has 1 aliphatic rings. The molecule has 1 saturated heterocycles. The van der Waals surface area contributed by atoms with Crippen molar-refractivity contribution >= 4 is 5.97 Å². The van der Waals surface area contributed by atoms with Crippen LogP contribution in [0.25, 0.3) is 0 Å². The van der Waals surface area contributed by atoms with Crippen LogP contribution in [0.4, 0.5) is 0 Å². The van der Waals surface area contributed by atoms with Gasteiger partial charge in [-0.2, -0.15) is 0 Å². The van der Waals surface area contributed by atoms with Gasteiger partial charge >= 0.3 is 5.97 Å². The van der Waals surface area contributed by atoms with E-state index in [4.69, 9.17) is 9.47 Å². The van der Waals surface area contributed by atoms with Crippen LogP contribution < -0.4 is 0 Å². The first-order valence-electron chi connectivity index (χ1n) is 6.39. The first-order valence-corrected chi connectivity index (χ1v) is 6.39. The highest BCUT2D eigenvalue weighted by Gasteiger charge is 2.38. The number of rotatable bonds is 4. The van der Waals surface area contributed by atoms with Crippen LogP contribution in [0.5, 0.6) is 0 Å². The number of carbonyl (C=O) groups excluding carboxylic acids is 1. The van der Waals surface area contributed by atoms with E-state index >= 15 is 0 Å². The van der Waals surface area contributed by atoms with Gasteiger partial charge in [0.15, 0.2) is 0 Å². The SMILES string of the molecule is CC1(C)COCC1OC(=O)CCc1ccccc1. The molecule has 0 radical (unpaired) electrons. The molecular weight excluding hydrogens is 228 g/mol. The topological polar surface area (TPSA) is 35.5 Å². The maximum Gasteiger partial charge on any atom is 0.306 e. The average Bonchev–Trinajstić information content (AvgIpc) is 2.68. The summed E-state index contributed by atoms with van der Waals surface area (Å²) in [5.41, 5.74) is 1.10. The fraction of sp³-hybridized carbons (Fsp3) is 0.533. The molecule has 1 aromatic rings. The van der Waals surface area contributed by atoms with E-state index in [1.807, 2.05) is 30.3 Å². The number of aryl methyl sites for hydroxylation is 1. The number of ether oxygens (including phenoxy) is 2. The highest BCUT2D eigenvalue weighted by Crippen LogP contribution is 2.30. The van der Waals surface area contributed by atoms with E-state index in [9.17, 15) is 4.79 Å². The highest BCUT2D eigenvalue weighted by molar-refractivity contribution is 5.70. The van der Waals surface area contributed by atoms with Gasteiger partial charge in [0, 0.05) is 11.8 Å². The number of esters is 1. The lowest BCUT2D eigenvalue weighted by Gasteiger charge is -2.24. The van der Waals surface area contributed by atoms with Gasteiger partial charge in [-0.1, -0.05) is 44.2 Å². The summed E-state index contributed by atoms with van der Waals surface area (Å²) in [6.07, 6.45) is 1.05. The summed E-state index contributed by atoms with van der Waals surface area (Å²) in [7, 11) is 0. The lowest BCUT2D eigenvalue weighted by atomic mass is 9.90. The van der Waals surface area contributed by atoms with E-state index in [0.29, 0.717) is 19.6 Å². The highest BCUT2D eigenvalue weighted by atomic mass is 16.6. The summed E-state index contributed by atoms with van der Waals surface area (Å²) >= 11 is 0. The van der Waals surface area contributed by atoms with Crippen molar-refractivity contribution in [2.75, 3.05) is 13.2 Å². The van der Waals surface area contributed by atoms with E-state index in [-0.39, 0.29) is 17.5 Å². The molecule has 2 rings (SSSR count). The number of hydrogen-bond acceptors (Lipinski definition) is 3. The van der Waals surface area contributed by atoms with Gasteiger partial charge in [0.25, 0.3) is 0 Å². The second-order valence-corrected chi connectivity index (χ2v) is 5.47. The minimum absolute atomic E-state index is 0.0671. The minimum atomic E-state index is -0.137. The molecule has 1 heterocycles. The molecule has 1 unspecified atom stereocenters. The van der Waals surface area contributed by atoms with Crippen LogP contribution in [0, 0.1) is 5.41 Å². The molecule has 0 amide bonds. The van der Waals surface area contributed by atoms with Crippen molar-refractivity contribution < 1.29 is 14.3 Å². The Morgan fingerprint density at radius 3 is 2.72 bits per heavy atom. The van der Waals surface area contributed by atoms with E-state index in [0.717, 1.165) is 12.0 Å². The largest absolute Gasteiger partial charge is 0.459 e. The fourth-order valence-corrected chi connectivity index (χ4v) is 2.05. The van der Waals surface area contributed by atoms with E-state index < -0.39 is 0 Å². The Morgan fingerprint density at radius 1 is 1.39 bits per heavy atom. The van der Waals surface area contributed by atoms with Gasteiger partial charge < -0.3 is 9.47 Å². The van der Waals surface area contributed by atoms with Crippen LogP contribution in [0.2, 0.25) is 0 Å². The number of benzene rings is 1. The molecule has 0 aromatic heterocycles. The first-order chi connectivity index (χ1) is 8.58. The minimum Gasteiger partial charge on any atom is -0.459 e. The molecule has 3 heteroatoms. The van der Waals surface area contributed by atoms with Crippen LogP contribution in [-0.4, -0.2) is 25.3 Å². The van der Waals surface area contributed by atoms with Gasteiger partial charge in [0.05, 0.1) is 13.2 Å². The zero-order valence-electron chi connectivity index (χ0n) is 11.0. The van der Waals surface area contributed by atoms with Crippen molar-refractivity contribution in [3.05, 3.63) is 35.9 Å². The normalized spacial score (nSPS) is 21.8. The van der Waals surface area contributed by atoms with E-state index in [1.165, 1.54) is 0 Å². The van der Waals surface area contributed by atoms with Crippen LogP contribution in [0.3, 0.4) is 0 Å². The second-order valence-electron chi connectivity index (χ2n) is 5.47. The first kappa shape index (κ1) is 13.1. The van der Waals surface area contributed by atoms with Crippen LogP contribution in [-0.2, 0) is 20.7 Å². The molecule has 98 valence electrons. The third-order valence-corrected chi connectivity index (χ3v) is 3.35. The average molecular weight is 248 g/mol. The van der Waals surface area contributed by atoms with Gasteiger partial charge in [-0.25, -0.2) is 0 Å². The van der Waals surface area contributed by atoms with Gasteiger partial charge in [-0.15, -0.1) is 0 Å². The van der Waals surface area contributed by atoms with Gasteiger partial charge in [-0.05, 0) is 12.0 Å². The van der Waals surface area contributed by atoms with Crippen molar-refractivity contribution in [1.29, 1.82) is 0 Å². The quantitative estimate of drug-likeness (QED) is 0.768. The Balaban J connectivity index is 1.79. The lowest BCUT2D eigenvalue weighted by Crippen LogP contribution is -2.32. The second kappa shape index (κ2) is 5.53. The number of hydrogen-bond donors (Lipinski definition) is 0. The molecule has 0 N–H and O–H groups in total. The Hall–Kier alpha value is -1.35. The summed E-state index contributed by atoms with van der Waals surface area (Å²) in [4.78, 5) is 11.8. The Morgan fingerprint density at radius 2 is 2.11 bits per heavy atom. The maximum absolute atomic E-state index is 11.8. The van der Waals surface area contributed by atoms with Crippen LogP contribution in [0.1, 0.15) is 25.8 Å². The van der Waals surface area contributed by atoms with Gasteiger partial charge in [0.2, 0.25) is 0 Å². The standard InChI is InChI=1S/C15H20O3/c1-15(2)11-17-10-13(15)18-14(16)9-8-12-6-4-3-5-7-12/h3-7,13H,8-11H2,1-2H3. The predicted octanol–water partition coefficient (Wildman–Crippen LogP) is 2.59. The Kier molecular flexibility index (Phi) is 4.02. The Bertz CT molecular complexity index is 397. The zero-order chi connectivity index (χ0) is 13.0. The molecular formula is C15H20O3. The summed E-state index contributed by atoms with van der Waals surface area (Å²) in [6, 6.07) is 9.98.